The molecule has 1 nitrogen and oxygen atoms in total. The van der Waals surface area contributed by atoms with Crippen molar-refractivity contribution >= 4 is 23.2 Å². The lowest BCUT2D eigenvalue weighted by Gasteiger charge is -2.39. The van der Waals surface area contributed by atoms with Crippen LogP contribution in [0.1, 0.15) is 38.3 Å². The largest absolute Gasteiger partial charge is 0.408 e. The van der Waals surface area contributed by atoms with Crippen LogP contribution in [-0.4, -0.2) is 24.2 Å². The Morgan fingerprint density at radius 2 is 1.55 bits per heavy atom. The maximum Gasteiger partial charge on any atom is 0.408 e. The van der Waals surface area contributed by atoms with E-state index in [0.29, 0.717) is 24.9 Å². The predicted molar refractivity (Wildman–Crippen MR) is 84.4 cm³/mol. The van der Waals surface area contributed by atoms with Crippen LogP contribution >= 0.6 is 23.2 Å². The van der Waals surface area contributed by atoms with Crippen LogP contribution in [0.3, 0.4) is 0 Å². The van der Waals surface area contributed by atoms with Gasteiger partial charge in [0.15, 0.2) is 0 Å². The third-order valence-corrected chi connectivity index (χ3v) is 4.83. The second-order valence-electron chi connectivity index (χ2n) is 6.26. The molecule has 1 heterocycles. The van der Waals surface area contributed by atoms with Gasteiger partial charge in [0.25, 0.3) is 0 Å². The minimum absolute atomic E-state index is 0.119. The summed E-state index contributed by atoms with van der Waals surface area (Å²) in [5, 5.41) is 0.461. The summed E-state index contributed by atoms with van der Waals surface area (Å²) in [4.78, 5) is 1.50. The number of piperidine rings is 1. The quantitative estimate of drug-likeness (QED) is 0.647. The smallest absolute Gasteiger partial charge is 0.289 e. The highest BCUT2D eigenvalue weighted by molar-refractivity contribution is 6.34. The number of likely N-dealkylation sites (tertiary alicyclic amines) is 1. The summed E-state index contributed by atoms with van der Waals surface area (Å²) in [6, 6.07) is 2.53. The van der Waals surface area contributed by atoms with Gasteiger partial charge < -0.3 is 0 Å². The first-order chi connectivity index (χ1) is 10.2. The molecule has 1 atom stereocenters. The molecule has 1 aromatic rings. The molecule has 0 radical (unpaired) electrons. The first-order valence-electron chi connectivity index (χ1n) is 7.45. The summed E-state index contributed by atoms with van der Waals surface area (Å²) in [6.07, 6.45) is -2.77. The molecule has 1 aliphatic heterocycles. The van der Waals surface area contributed by atoms with E-state index < -0.39 is 12.2 Å². The predicted octanol–water partition coefficient (Wildman–Crippen LogP) is 5.96. The molecule has 1 saturated heterocycles. The molecule has 0 bridgehead atoms. The van der Waals surface area contributed by atoms with Crippen LogP contribution in [0.2, 0.25) is 10.0 Å². The third kappa shape index (κ3) is 4.30. The van der Waals surface area contributed by atoms with Gasteiger partial charge in [0.1, 0.15) is 6.04 Å². The van der Waals surface area contributed by atoms with Crippen molar-refractivity contribution in [1.82, 2.24) is 4.90 Å². The highest BCUT2D eigenvalue weighted by Gasteiger charge is 2.45. The zero-order valence-electron chi connectivity index (χ0n) is 12.6. The van der Waals surface area contributed by atoms with Crippen LogP contribution in [0.5, 0.6) is 0 Å². The topological polar surface area (TPSA) is 3.24 Å². The standard InChI is InChI=1S/C16H20Cl2F3N/c1-10(2)11-3-5-22(6-4-11)15(16(19,20)21)12-7-13(17)9-14(18)8-12/h7-11,15H,3-6H2,1-2H3/t15-/m1/s1. The zero-order valence-corrected chi connectivity index (χ0v) is 14.1. The van der Waals surface area contributed by atoms with Crippen molar-refractivity contribution in [1.29, 1.82) is 0 Å². The molecular weight excluding hydrogens is 334 g/mol. The monoisotopic (exact) mass is 353 g/mol. The fourth-order valence-electron chi connectivity index (χ4n) is 3.18. The van der Waals surface area contributed by atoms with Crippen LogP contribution in [0.15, 0.2) is 18.2 Å². The molecule has 1 aromatic carbocycles. The van der Waals surface area contributed by atoms with Gasteiger partial charge in [0, 0.05) is 10.0 Å². The van der Waals surface area contributed by atoms with Gasteiger partial charge in [0.2, 0.25) is 0 Å². The van der Waals surface area contributed by atoms with Crippen LogP contribution in [0.25, 0.3) is 0 Å². The normalized spacial score (nSPS) is 19.6. The second-order valence-corrected chi connectivity index (χ2v) is 7.14. The lowest BCUT2D eigenvalue weighted by Crippen LogP contribution is -2.43. The lowest BCUT2D eigenvalue weighted by atomic mass is 9.86. The van der Waals surface area contributed by atoms with Gasteiger partial charge >= 0.3 is 6.18 Å². The van der Waals surface area contributed by atoms with Crippen molar-refractivity contribution in [3.8, 4) is 0 Å². The average Bonchev–Trinajstić information content (AvgIpc) is 2.36. The second kappa shape index (κ2) is 6.98. The van der Waals surface area contributed by atoms with Crippen molar-refractivity contribution in [2.24, 2.45) is 11.8 Å². The highest BCUT2D eigenvalue weighted by Crippen LogP contribution is 2.41. The van der Waals surface area contributed by atoms with Gasteiger partial charge in [-0.25, -0.2) is 0 Å². The molecule has 0 N–H and O–H groups in total. The van der Waals surface area contributed by atoms with Crippen LogP contribution in [0, 0.1) is 11.8 Å². The van der Waals surface area contributed by atoms with Crippen LogP contribution in [0.4, 0.5) is 13.2 Å². The minimum atomic E-state index is -4.35. The van der Waals surface area contributed by atoms with E-state index in [0.717, 1.165) is 12.8 Å². The van der Waals surface area contributed by atoms with Crippen molar-refractivity contribution in [2.75, 3.05) is 13.1 Å². The van der Waals surface area contributed by atoms with E-state index in [1.54, 1.807) is 0 Å². The molecule has 0 saturated carbocycles. The zero-order chi connectivity index (χ0) is 16.5. The summed E-state index contributed by atoms with van der Waals surface area (Å²) >= 11 is 11.8. The van der Waals surface area contributed by atoms with Crippen LogP contribution < -0.4 is 0 Å². The Morgan fingerprint density at radius 1 is 1.05 bits per heavy atom. The van der Waals surface area contributed by atoms with Gasteiger partial charge in [-0.3, -0.25) is 4.90 Å². The molecule has 6 heteroatoms. The van der Waals surface area contributed by atoms with Gasteiger partial charge in [-0.05, 0) is 61.5 Å². The van der Waals surface area contributed by atoms with Gasteiger partial charge in [-0.1, -0.05) is 37.0 Å². The molecule has 0 spiro atoms. The summed E-state index contributed by atoms with van der Waals surface area (Å²) < 4.78 is 40.7. The Hall–Kier alpha value is -0.450. The van der Waals surface area contributed by atoms with Gasteiger partial charge in [0.05, 0.1) is 0 Å². The summed E-state index contributed by atoms with van der Waals surface area (Å²) in [6.45, 7) is 5.13. The molecule has 124 valence electrons. The Morgan fingerprint density at radius 3 is 1.95 bits per heavy atom. The van der Waals surface area contributed by atoms with E-state index in [1.165, 1.54) is 23.1 Å². The Balaban J connectivity index is 2.25. The van der Waals surface area contributed by atoms with Gasteiger partial charge in [-0.15, -0.1) is 0 Å². The van der Waals surface area contributed by atoms with E-state index in [-0.39, 0.29) is 15.6 Å². The summed E-state index contributed by atoms with van der Waals surface area (Å²) in [7, 11) is 0. The number of alkyl halides is 3. The van der Waals surface area contributed by atoms with E-state index in [2.05, 4.69) is 13.8 Å². The number of rotatable bonds is 3. The number of benzene rings is 1. The Bertz CT molecular complexity index is 488. The number of halogens is 5. The van der Waals surface area contributed by atoms with Gasteiger partial charge in [-0.2, -0.15) is 13.2 Å². The first-order valence-corrected chi connectivity index (χ1v) is 8.21. The Kier molecular flexibility index (Phi) is 5.68. The van der Waals surface area contributed by atoms with Crippen molar-refractivity contribution in [3.05, 3.63) is 33.8 Å². The maximum atomic E-state index is 13.6. The molecule has 0 amide bonds. The SMILES string of the molecule is CC(C)C1CCN([C@H](c2cc(Cl)cc(Cl)c2)C(F)(F)F)CC1. The van der Waals surface area contributed by atoms with Crippen molar-refractivity contribution < 1.29 is 13.2 Å². The lowest BCUT2D eigenvalue weighted by molar-refractivity contribution is -0.190. The van der Waals surface area contributed by atoms with E-state index in [1.807, 2.05) is 0 Å². The molecular formula is C16H20Cl2F3N. The number of hydrogen-bond acceptors (Lipinski definition) is 1. The average molecular weight is 354 g/mol. The van der Waals surface area contributed by atoms with E-state index in [9.17, 15) is 13.2 Å². The van der Waals surface area contributed by atoms with Crippen LogP contribution in [-0.2, 0) is 0 Å². The summed E-state index contributed by atoms with van der Waals surface area (Å²) in [5.41, 5.74) is 0.119. The van der Waals surface area contributed by atoms with Crippen molar-refractivity contribution in [2.45, 2.75) is 38.9 Å². The fraction of sp³-hybridized carbons (Fsp3) is 0.625. The molecule has 0 aliphatic carbocycles. The summed E-state index contributed by atoms with van der Waals surface area (Å²) in [5.74, 6) is 1.00. The Labute approximate surface area is 139 Å². The molecule has 1 fully saturated rings. The molecule has 0 aromatic heterocycles. The fourth-order valence-corrected chi connectivity index (χ4v) is 3.73. The van der Waals surface area contributed by atoms with Crippen molar-refractivity contribution in [3.63, 3.8) is 0 Å². The maximum absolute atomic E-state index is 13.6. The highest BCUT2D eigenvalue weighted by atomic mass is 35.5. The number of nitrogens with zero attached hydrogens (tertiary/aromatic N) is 1. The minimum Gasteiger partial charge on any atom is -0.289 e. The molecule has 0 unspecified atom stereocenters. The van der Waals surface area contributed by atoms with E-state index in [4.69, 9.17) is 23.2 Å². The third-order valence-electron chi connectivity index (χ3n) is 4.39. The first kappa shape index (κ1) is 17.9. The van der Waals surface area contributed by atoms with E-state index >= 15 is 0 Å². The molecule has 2 rings (SSSR count). The molecule has 1 aliphatic rings. The number of hydrogen-bond donors (Lipinski definition) is 0. The molecule has 22 heavy (non-hydrogen) atoms.